The van der Waals surface area contributed by atoms with Crippen molar-refractivity contribution in [3.05, 3.63) is 35.9 Å². The Hall–Kier alpha value is -2.37. The second kappa shape index (κ2) is 7.68. The van der Waals surface area contributed by atoms with Crippen molar-refractivity contribution in [3.8, 4) is 0 Å². The molecule has 2 fully saturated rings. The van der Waals surface area contributed by atoms with Gasteiger partial charge in [0, 0.05) is 25.6 Å². The lowest BCUT2D eigenvalue weighted by Gasteiger charge is -2.27. The first-order chi connectivity index (χ1) is 12.0. The number of carboxylic acids is 1. The summed E-state index contributed by atoms with van der Waals surface area (Å²) in [5.74, 6) is -1.42. The first-order valence-electron chi connectivity index (χ1n) is 8.88. The van der Waals surface area contributed by atoms with Crippen LogP contribution in [-0.2, 0) is 20.9 Å². The topological polar surface area (TPSA) is 86.7 Å². The van der Waals surface area contributed by atoms with Gasteiger partial charge in [0.05, 0.1) is 11.8 Å². The molecule has 25 heavy (non-hydrogen) atoms. The van der Waals surface area contributed by atoms with Crippen molar-refractivity contribution in [1.82, 2.24) is 10.2 Å². The van der Waals surface area contributed by atoms with Crippen LogP contribution in [0.4, 0.5) is 0 Å². The van der Waals surface area contributed by atoms with E-state index in [1.807, 2.05) is 30.3 Å². The van der Waals surface area contributed by atoms with E-state index in [2.05, 4.69) is 5.32 Å². The van der Waals surface area contributed by atoms with Gasteiger partial charge in [-0.25, -0.2) is 0 Å². The minimum Gasteiger partial charge on any atom is -0.481 e. The standard InChI is InChI=1S/C19H24N2O4/c22-17-10-15(12-21(17)11-13-4-2-1-3-5-13)18(23)20-16-8-6-14(7-9-16)19(24)25/h1-5,14-16H,6-12H2,(H,20,23)(H,24,25)/t14?,15-,16?/m0/s1. The molecular formula is C19H24N2O4. The van der Waals surface area contributed by atoms with Crippen LogP contribution in [0.3, 0.4) is 0 Å². The summed E-state index contributed by atoms with van der Waals surface area (Å²) in [4.78, 5) is 37.4. The molecule has 134 valence electrons. The maximum atomic E-state index is 12.5. The van der Waals surface area contributed by atoms with Crippen molar-refractivity contribution in [1.29, 1.82) is 0 Å². The predicted molar refractivity (Wildman–Crippen MR) is 91.5 cm³/mol. The van der Waals surface area contributed by atoms with Crippen molar-refractivity contribution < 1.29 is 19.5 Å². The average molecular weight is 344 g/mol. The third-order valence-electron chi connectivity index (χ3n) is 5.22. The Kier molecular flexibility index (Phi) is 5.36. The van der Waals surface area contributed by atoms with Crippen LogP contribution in [0.25, 0.3) is 0 Å². The molecule has 0 aromatic heterocycles. The van der Waals surface area contributed by atoms with Crippen LogP contribution in [0.15, 0.2) is 30.3 Å². The summed E-state index contributed by atoms with van der Waals surface area (Å²) in [7, 11) is 0. The highest BCUT2D eigenvalue weighted by Crippen LogP contribution is 2.26. The summed E-state index contributed by atoms with van der Waals surface area (Å²) in [6.45, 7) is 0.983. The van der Waals surface area contributed by atoms with Gasteiger partial charge in [0.2, 0.25) is 11.8 Å². The third kappa shape index (κ3) is 4.38. The molecule has 2 aliphatic rings. The number of aliphatic carboxylic acids is 1. The van der Waals surface area contributed by atoms with Crippen LogP contribution >= 0.6 is 0 Å². The highest BCUT2D eigenvalue weighted by atomic mass is 16.4. The van der Waals surface area contributed by atoms with Gasteiger partial charge >= 0.3 is 5.97 Å². The van der Waals surface area contributed by atoms with Gasteiger partial charge < -0.3 is 15.3 Å². The van der Waals surface area contributed by atoms with Gasteiger partial charge in [-0.3, -0.25) is 14.4 Å². The normalized spacial score (nSPS) is 26.5. The summed E-state index contributed by atoms with van der Waals surface area (Å²) in [5, 5.41) is 12.0. The summed E-state index contributed by atoms with van der Waals surface area (Å²) in [6, 6.07) is 9.79. The Morgan fingerprint density at radius 3 is 2.40 bits per heavy atom. The highest BCUT2D eigenvalue weighted by molar-refractivity contribution is 5.89. The Balaban J connectivity index is 1.49. The van der Waals surface area contributed by atoms with Crippen LogP contribution in [0, 0.1) is 11.8 Å². The average Bonchev–Trinajstić information content (AvgIpc) is 2.97. The lowest BCUT2D eigenvalue weighted by molar-refractivity contribution is -0.143. The van der Waals surface area contributed by atoms with Gasteiger partial charge in [-0.15, -0.1) is 0 Å². The molecule has 1 aliphatic carbocycles. The molecule has 2 amide bonds. The molecule has 6 heteroatoms. The first kappa shape index (κ1) is 17.5. The van der Waals surface area contributed by atoms with Crippen molar-refractivity contribution in [2.75, 3.05) is 6.54 Å². The number of benzene rings is 1. The number of carbonyl (C=O) groups is 3. The van der Waals surface area contributed by atoms with Gasteiger partial charge in [0.1, 0.15) is 0 Å². The summed E-state index contributed by atoms with van der Waals surface area (Å²) in [5.41, 5.74) is 1.06. The predicted octanol–water partition coefficient (Wildman–Crippen LogP) is 1.79. The zero-order chi connectivity index (χ0) is 17.8. The number of hydrogen-bond acceptors (Lipinski definition) is 3. The number of likely N-dealkylation sites (tertiary alicyclic amines) is 1. The van der Waals surface area contributed by atoms with E-state index < -0.39 is 5.97 Å². The van der Waals surface area contributed by atoms with Crippen molar-refractivity contribution in [3.63, 3.8) is 0 Å². The van der Waals surface area contributed by atoms with Gasteiger partial charge in [0.15, 0.2) is 0 Å². The summed E-state index contributed by atoms with van der Waals surface area (Å²) in [6.07, 6.45) is 2.84. The second-order valence-corrected chi connectivity index (χ2v) is 7.06. The Morgan fingerprint density at radius 2 is 1.76 bits per heavy atom. The maximum absolute atomic E-state index is 12.5. The molecule has 0 bridgehead atoms. The molecule has 1 saturated carbocycles. The molecule has 0 radical (unpaired) electrons. The molecule has 1 aromatic carbocycles. The zero-order valence-electron chi connectivity index (χ0n) is 14.2. The minimum atomic E-state index is -0.747. The number of carbonyl (C=O) groups excluding carboxylic acids is 2. The Labute approximate surface area is 147 Å². The fourth-order valence-corrected chi connectivity index (χ4v) is 3.71. The number of hydrogen-bond donors (Lipinski definition) is 2. The van der Waals surface area contributed by atoms with E-state index in [4.69, 9.17) is 5.11 Å². The van der Waals surface area contributed by atoms with Crippen molar-refractivity contribution in [2.24, 2.45) is 11.8 Å². The lowest BCUT2D eigenvalue weighted by atomic mass is 9.86. The summed E-state index contributed by atoms with van der Waals surface area (Å²) < 4.78 is 0. The number of rotatable bonds is 5. The Morgan fingerprint density at radius 1 is 1.08 bits per heavy atom. The Bertz CT molecular complexity index is 638. The molecule has 1 heterocycles. The molecule has 1 aromatic rings. The zero-order valence-corrected chi connectivity index (χ0v) is 14.2. The van der Waals surface area contributed by atoms with E-state index in [1.165, 1.54) is 0 Å². The number of amides is 2. The van der Waals surface area contributed by atoms with Crippen LogP contribution < -0.4 is 5.32 Å². The van der Waals surface area contributed by atoms with Gasteiger partial charge in [-0.1, -0.05) is 30.3 Å². The van der Waals surface area contributed by atoms with Gasteiger partial charge in [-0.05, 0) is 31.2 Å². The molecule has 3 rings (SSSR count). The first-order valence-corrected chi connectivity index (χ1v) is 8.88. The molecule has 6 nitrogen and oxygen atoms in total. The van der Waals surface area contributed by atoms with E-state index in [-0.39, 0.29) is 36.1 Å². The van der Waals surface area contributed by atoms with Gasteiger partial charge in [-0.2, -0.15) is 0 Å². The van der Waals surface area contributed by atoms with Crippen molar-refractivity contribution >= 4 is 17.8 Å². The molecule has 0 unspecified atom stereocenters. The van der Waals surface area contributed by atoms with Crippen LogP contribution in [-0.4, -0.2) is 40.4 Å². The molecule has 0 spiro atoms. The van der Waals surface area contributed by atoms with E-state index in [0.717, 1.165) is 5.56 Å². The number of nitrogens with zero attached hydrogens (tertiary/aromatic N) is 1. The third-order valence-corrected chi connectivity index (χ3v) is 5.22. The monoisotopic (exact) mass is 344 g/mol. The van der Waals surface area contributed by atoms with Gasteiger partial charge in [0.25, 0.3) is 0 Å². The van der Waals surface area contributed by atoms with Crippen molar-refractivity contribution in [2.45, 2.75) is 44.7 Å². The second-order valence-electron chi connectivity index (χ2n) is 7.06. The minimum absolute atomic E-state index is 0.0126. The smallest absolute Gasteiger partial charge is 0.306 e. The molecule has 2 N–H and O–H groups in total. The molecular weight excluding hydrogens is 320 g/mol. The van der Waals surface area contributed by atoms with Crippen LogP contribution in [0.5, 0.6) is 0 Å². The summed E-state index contributed by atoms with van der Waals surface area (Å²) >= 11 is 0. The maximum Gasteiger partial charge on any atom is 0.306 e. The number of nitrogens with one attached hydrogen (secondary N) is 1. The largest absolute Gasteiger partial charge is 0.481 e. The van der Waals surface area contributed by atoms with Crippen LogP contribution in [0.1, 0.15) is 37.7 Å². The quantitative estimate of drug-likeness (QED) is 0.853. The van der Waals surface area contributed by atoms with Crippen LogP contribution in [0.2, 0.25) is 0 Å². The fourth-order valence-electron chi connectivity index (χ4n) is 3.71. The van der Waals surface area contributed by atoms with E-state index in [1.54, 1.807) is 4.90 Å². The van der Waals surface area contributed by atoms with E-state index in [9.17, 15) is 14.4 Å². The number of carboxylic acid groups (broad SMARTS) is 1. The SMILES string of the molecule is O=C(O)C1CCC(NC(=O)[C@H]2CC(=O)N(Cc3ccccc3)C2)CC1. The fraction of sp³-hybridized carbons (Fsp3) is 0.526. The molecule has 1 atom stereocenters. The molecule has 1 aliphatic heterocycles. The highest BCUT2D eigenvalue weighted by Gasteiger charge is 2.35. The lowest BCUT2D eigenvalue weighted by Crippen LogP contribution is -2.42. The van der Waals surface area contributed by atoms with E-state index in [0.29, 0.717) is 38.8 Å². The van der Waals surface area contributed by atoms with E-state index >= 15 is 0 Å². The molecule has 1 saturated heterocycles.